The lowest BCUT2D eigenvalue weighted by molar-refractivity contribution is -0.149. The summed E-state index contributed by atoms with van der Waals surface area (Å²) in [5, 5.41) is 0. The van der Waals surface area contributed by atoms with E-state index >= 15 is 0 Å². The van der Waals surface area contributed by atoms with Crippen molar-refractivity contribution in [3.8, 4) is 0 Å². The Labute approximate surface area is 84.4 Å². The molecule has 0 spiro atoms. The average molecular weight is 198 g/mol. The molecule has 0 bridgehead atoms. The molecule has 1 heterocycles. The third-order valence-electron chi connectivity index (χ3n) is 3.08. The van der Waals surface area contributed by atoms with Crippen LogP contribution in [0.2, 0.25) is 0 Å². The van der Waals surface area contributed by atoms with Gasteiger partial charge in [0.1, 0.15) is 5.54 Å². The third kappa shape index (κ3) is 1.77. The second-order valence-corrected chi connectivity index (χ2v) is 4.33. The van der Waals surface area contributed by atoms with Crippen LogP contribution in [0.5, 0.6) is 0 Å². The second-order valence-electron chi connectivity index (χ2n) is 4.33. The quantitative estimate of drug-likeness (QED) is 0.654. The molecule has 2 fully saturated rings. The smallest absolute Gasteiger partial charge is 0.327 e. The van der Waals surface area contributed by atoms with Crippen molar-refractivity contribution in [2.24, 2.45) is 5.73 Å². The molecule has 2 N–H and O–H groups in total. The van der Waals surface area contributed by atoms with Crippen molar-refractivity contribution in [2.75, 3.05) is 19.7 Å². The lowest BCUT2D eigenvalue weighted by Crippen LogP contribution is -2.51. The highest BCUT2D eigenvalue weighted by Gasteiger charge is 2.46. The second kappa shape index (κ2) is 3.51. The van der Waals surface area contributed by atoms with Crippen LogP contribution in [0, 0.1) is 0 Å². The molecule has 0 aromatic heterocycles. The van der Waals surface area contributed by atoms with Crippen molar-refractivity contribution in [3.05, 3.63) is 0 Å². The molecular formula is C10H18N2O2. The van der Waals surface area contributed by atoms with Crippen LogP contribution in [0.4, 0.5) is 0 Å². The molecule has 0 aromatic carbocycles. The van der Waals surface area contributed by atoms with E-state index in [1.54, 1.807) is 0 Å². The number of esters is 1. The molecule has 1 saturated carbocycles. The normalized spacial score (nSPS) is 33.3. The third-order valence-corrected chi connectivity index (χ3v) is 3.08. The lowest BCUT2D eigenvalue weighted by atomic mass is 10.0. The fourth-order valence-electron chi connectivity index (χ4n) is 2.06. The van der Waals surface area contributed by atoms with Crippen LogP contribution >= 0.6 is 0 Å². The van der Waals surface area contributed by atoms with Gasteiger partial charge in [0.25, 0.3) is 0 Å². The summed E-state index contributed by atoms with van der Waals surface area (Å²) in [6.45, 7) is 3.85. The number of nitrogens with zero attached hydrogens (tertiary/aromatic N) is 1. The monoisotopic (exact) mass is 198 g/mol. The molecule has 2 aliphatic rings. The van der Waals surface area contributed by atoms with Crippen molar-refractivity contribution in [1.82, 2.24) is 4.90 Å². The van der Waals surface area contributed by atoms with Gasteiger partial charge in [-0.05, 0) is 26.2 Å². The SMILES string of the molecule is CCOC(=O)C1(N)CCN(C2CC2)C1. The van der Waals surface area contributed by atoms with Crippen LogP contribution in [0.25, 0.3) is 0 Å². The standard InChI is InChI=1S/C10H18N2O2/c1-2-14-9(13)10(11)5-6-12(7-10)8-3-4-8/h8H,2-7,11H2,1H3. The van der Waals surface area contributed by atoms with Gasteiger partial charge in [0.15, 0.2) is 0 Å². The summed E-state index contributed by atoms with van der Waals surface area (Å²) in [6.07, 6.45) is 3.26. The highest BCUT2D eigenvalue weighted by Crippen LogP contribution is 2.32. The first kappa shape index (κ1) is 9.93. The van der Waals surface area contributed by atoms with Gasteiger partial charge in [0, 0.05) is 19.1 Å². The molecule has 0 radical (unpaired) electrons. The molecule has 1 aliphatic heterocycles. The minimum absolute atomic E-state index is 0.233. The Kier molecular flexibility index (Phi) is 2.49. The Bertz CT molecular complexity index is 240. The summed E-state index contributed by atoms with van der Waals surface area (Å²) in [6, 6.07) is 0.690. The lowest BCUT2D eigenvalue weighted by Gasteiger charge is -2.22. The van der Waals surface area contributed by atoms with Gasteiger partial charge in [-0.1, -0.05) is 0 Å². The summed E-state index contributed by atoms with van der Waals surface area (Å²) in [7, 11) is 0. The Balaban J connectivity index is 1.93. The number of hydrogen-bond acceptors (Lipinski definition) is 4. The fourth-order valence-corrected chi connectivity index (χ4v) is 2.06. The van der Waals surface area contributed by atoms with Gasteiger partial charge in [-0.25, -0.2) is 0 Å². The van der Waals surface area contributed by atoms with E-state index in [1.165, 1.54) is 12.8 Å². The van der Waals surface area contributed by atoms with E-state index in [0.29, 0.717) is 19.2 Å². The minimum Gasteiger partial charge on any atom is -0.465 e. The van der Waals surface area contributed by atoms with Gasteiger partial charge in [-0.3, -0.25) is 9.69 Å². The van der Waals surface area contributed by atoms with E-state index in [4.69, 9.17) is 10.5 Å². The highest BCUT2D eigenvalue weighted by atomic mass is 16.5. The molecule has 4 nitrogen and oxygen atoms in total. The topological polar surface area (TPSA) is 55.6 Å². The number of carbonyl (C=O) groups excluding carboxylic acids is 1. The van der Waals surface area contributed by atoms with Crippen LogP contribution in [0.15, 0.2) is 0 Å². The summed E-state index contributed by atoms with van der Waals surface area (Å²) in [5.41, 5.74) is 5.29. The molecule has 0 aromatic rings. The predicted octanol–water partition coefficient (Wildman–Crippen LogP) is 0.115. The fraction of sp³-hybridized carbons (Fsp3) is 0.900. The number of hydrogen-bond donors (Lipinski definition) is 1. The highest BCUT2D eigenvalue weighted by molar-refractivity contribution is 5.81. The van der Waals surface area contributed by atoms with Crippen LogP contribution in [-0.2, 0) is 9.53 Å². The van der Waals surface area contributed by atoms with Crippen molar-refractivity contribution in [1.29, 1.82) is 0 Å². The molecule has 14 heavy (non-hydrogen) atoms. The van der Waals surface area contributed by atoms with Gasteiger partial charge >= 0.3 is 5.97 Å². The Morgan fingerprint density at radius 1 is 1.64 bits per heavy atom. The molecule has 1 atom stereocenters. The van der Waals surface area contributed by atoms with Crippen molar-refractivity contribution >= 4 is 5.97 Å². The van der Waals surface area contributed by atoms with E-state index in [0.717, 1.165) is 13.0 Å². The molecule has 1 saturated heterocycles. The first-order valence-corrected chi connectivity index (χ1v) is 5.36. The number of carbonyl (C=O) groups is 1. The van der Waals surface area contributed by atoms with Crippen LogP contribution in [0.1, 0.15) is 26.2 Å². The molecule has 2 rings (SSSR count). The van der Waals surface area contributed by atoms with Gasteiger partial charge in [-0.2, -0.15) is 0 Å². The predicted molar refractivity (Wildman–Crippen MR) is 52.8 cm³/mol. The first-order chi connectivity index (χ1) is 6.65. The zero-order valence-corrected chi connectivity index (χ0v) is 8.66. The van der Waals surface area contributed by atoms with Gasteiger partial charge < -0.3 is 10.5 Å². The van der Waals surface area contributed by atoms with Crippen molar-refractivity contribution in [2.45, 2.75) is 37.8 Å². The Hall–Kier alpha value is -0.610. The first-order valence-electron chi connectivity index (χ1n) is 5.36. The van der Waals surface area contributed by atoms with Crippen LogP contribution in [0.3, 0.4) is 0 Å². The molecule has 80 valence electrons. The largest absolute Gasteiger partial charge is 0.465 e. The molecular weight excluding hydrogens is 180 g/mol. The minimum atomic E-state index is -0.737. The number of likely N-dealkylation sites (tertiary alicyclic amines) is 1. The number of rotatable bonds is 3. The maximum absolute atomic E-state index is 11.6. The van der Waals surface area contributed by atoms with Crippen molar-refractivity contribution in [3.63, 3.8) is 0 Å². The summed E-state index contributed by atoms with van der Waals surface area (Å²) in [5.74, 6) is -0.233. The zero-order chi connectivity index (χ0) is 10.2. The van der Waals surface area contributed by atoms with E-state index in [9.17, 15) is 4.79 Å². The van der Waals surface area contributed by atoms with Gasteiger partial charge in [-0.15, -0.1) is 0 Å². The van der Waals surface area contributed by atoms with E-state index in [-0.39, 0.29) is 5.97 Å². The summed E-state index contributed by atoms with van der Waals surface area (Å²) < 4.78 is 4.99. The van der Waals surface area contributed by atoms with Crippen LogP contribution < -0.4 is 5.73 Å². The maximum atomic E-state index is 11.6. The number of nitrogens with two attached hydrogens (primary N) is 1. The van der Waals surface area contributed by atoms with Gasteiger partial charge in [0.05, 0.1) is 6.61 Å². The van der Waals surface area contributed by atoms with E-state index < -0.39 is 5.54 Å². The van der Waals surface area contributed by atoms with Gasteiger partial charge in [0.2, 0.25) is 0 Å². The molecule has 1 aliphatic carbocycles. The average Bonchev–Trinajstić information content (AvgIpc) is 2.91. The summed E-state index contributed by atoms with van der Waals surface area (Å²) in [4.78, 5) is 13.9. The van der Waals surface area contributed by atoms with Crippen LogP contribution in [-0.4, -0.2) is 42.1 Å². The Morgan fingerprint density at radius 3 is 2.93 bits per heavy atom. The molecule has 0 amide bonds. The number of ether oxygens (including phenoxy) is 1. The van der Waals surface area contributed by atoms with E-state index in [1.807, 2.05) is 6.92 Å². The molecule has 4 heteroatoms. The maximum Gasteiger partial charge on any atom is 0.327 e. The zero-order valence-electron chi connectivity index (χ0n) is 8.66. The van der Waals surface area contributed by atoms with Crippen molar-refractivity contribution < 1.29 is 9.53 Å². The van der Waals surface area contributed by atoms with E-state index in [2.05, 4.69) is 4.90 Å². The molecule has 1 unspecified atom stereocenters. The summed E-state index contributed by atoms with van der Waals surface area (Å²) >= 11 is 0. The Morgan fingerprint density at radius 2 is 2.36 bits per heavy atom.